The molecular weight excluding hydrogens is 380 g/mol. The zero-order valence-electron chi connectivity index (χ0n) is 16.0. The van der Waals surface area contributed by atoms with Gasteiger partial charge >= 0.3 is 11.9 Å². The summed E-state index contributed by atoms with van der Waals surface area (Å²) in [4.78, 5) is 31.0. The van der Waals surface area contributed by atoms with E-state index in [0.29, 0.717) is 37.6 Å². The SMILES string of the molecule is O=C(OCCOCCOCCOCCOC(=O)c1cccnc1)c1cccnc1. The fraction of sp³-hybridized carbons (Fsp3) is 0.400. The van der Waals surface area contributed by atoms with Crippen LogP contribution in [0, 0.1) is 0 Å². The van der Waals surface area contributed by atoms with Gasteiger partial charge in [0.15, 0.2) is 0 Å². The van der Waals surface area contributed by atoms with Crippen LogP contribution in [0.1, 0.15) is 20.7 Å². The fourth-order valence-corrected chi connectivity index (χ4v) is 2.06. The molecule has 2 aromatic heterocycles. The zero-order chi connectivity index (χ0) is 20.6. The van der Waals surface area contributed by atoms with Crippen molar-refractivity contribution in [3.63, 3.8) is 0 Å². The summed E-state index contributed by atoms with van der Waals surface area (Å²) in [6.07, 6.45) is 6.07. The maximum Gasteiger partial charge on any atom is 0.339 e. The summed E-state index contributed by atoms with van der Waals surface area (Å²) in [5.41, 5.74) is 0.811. The molecule has 29 heavy (non-hydrogen) atoms. The van der Waals surface area contributed by atoms with Crippen molar-refractivity contribution in [2.24, 2.45) is 0 Å². The molecule has 2 heterocycles. The molecule has 156 valence electrons. The Hall–Kier alpha value is -2.88. The van der Waals surface area contributed by atoms with Crippen molar-refractivity contribution in [3.05, 3.63) is 60.2 Å². The van der Waals surface area contributed by atoms with Crippen LogP contribution in [0.4, 0.5) is 0 Å². The second-order valence-electron chi connectivity index (χ2n) is 5.59. The number of esters is 2. The highest BCUT2D eigenvalue weighted by atomic mass is 16.6. The van der Waals surface area contributed by atoms with Gasteiger partial charge in [0.05, 0.1) is 50.8 Å². The summed E-state index contributed by atoms with van der Waals surface area (Å²) in [5, 5.41) is 0. The van der Waals surface area contributed by atoms with Gasteiger partial charge in [-0.2, -0.15) is 0 Å². The van der Waals surface area contributed by atoms with Gasteiger partial charge in [0, 0.05) is 24.8 Å². The summed E-state index contributed by atoms with van der Waals surface area (Å²) >= 11 is 0. The van der Waals surface area contributed by atoms with E-state index in [-0.39, 0.29) is 26.4 Å². The lowest BCUT2D eigenvalue weighted by Gasteiger charge is -2.08. The van der Waals surface area contributed by atoms with Gasteiger partial charge in [-0.05, 0) is 24.3 Å². The first kappa shape index (κ1) is 22.4. The third-order valence-corrected chi connectivity index (χ3v) is 3.46. The maximum atomic E-state index is 11.6. The predicted octanol–water partition coefficient (Wildman–Crippen LogP) is 1.54. The second-order valence-corrected chi connectivity index (χ2v) is 5.59. The van der Waals surface area contributed by atoms with Gasteiger partial charge < -0.3 is 23.7 Å². The molecule has 0 aromatic carbocycles. The van der Waals surface area contributed by atoms with Gasteiger partial charge in [0.2, 0.25) is 0 Å². The van der Waals surface area contributed by atoms with E-state index in [1.807, 2.05) is 0 Å². The molecule has 0 N–H and O–H groups in total. The number of nitrogens with zero attached hydrogens (tertiary/aromatic N) is 2. The first-order valence-electron chi connectivity index (χ1n) is 9.15. The molecule has 2 aromatic rings. The summed E-state index contributed by atoms with van der Waals surface area (Å²) in [6.45, 7) is 2.46. The molecule has 9 nitrogen and oxygen atoms in total. The number of carbonyl (C=O) groups is 2. The third-order valence-electron chi connectivity index (χ3n) is 3.46. The normalized spacial score (nSPS) is 10.5. The molecule has 0 saturated carbocycles. The van der Waals surface area contributed by atoms with Crippen molar-refractivity contribution in [3.8, 4) is 0 Å². The molecule has 0 spiro atoms. The summed E-state index contributed by atoms with van der Waals surface area (Å²) in [5.74, 6) is -0.859. The quantitative estimate of drug-likeness (QED) is 0.342. The zero-order valence-corrected chi connectivity index (χ0v) is 16.0. The highest BCUT2D eigenvalue weighted by Gasteiger charge is 2.06. The molecule has 0 aliphatic rings. The van der Waals surface area contributed by atoms with Gasteiger partial charge in [-0.25, -0.2) is 9.59 Å². The Morgan fingerprint density at radius 1 is 0.621 bits per heavy atom. The minimum atomic E-state index is -0.429. The molecule has 0 aliphatic heterocycles. The number of aromatic nitrogens is 2. The Morgan fingerprint density at radius 2 is 1.00 bits per heavy atom. The highest BCUT2D eigenvalue weighted by Crippen LogP contribution is 1.99. The molecule has 0 saturated heterocycles. The number of ether oxygens (including phenoxy) is 5. The maximum absolute atomic E-state index is 11.6. The fourth-order valence-electron chi connectivity index (χ4n) is 2.06. The average molecular weight is 404 g/mol. The Kier molecular flexibility index (Phi) is 10.9. The molecule has 0 radical (unpaired) electrons. The molecule has 0 bridgehead atoms. The van der Waals surface area contributed by atoms with E-state index in [9.17, 15) is 9.59 Å². The van der Waals surface area contributed by atoms with Crippen LogP contribution >= 0.6 is 0 Å². The van der Waals surface area contributed by atoms with E-state index >= 15 is 0 Å². The molecule has 0 atom stereocenters. The van der Waals surface area contributed by atoms with Crippen molar-refractivity contribution in [1.82, 2.24) is 9.97 Å². The molecule has 0 aliphatic carbocycles. The first-order valence-corrected chi connectivity index (χ1v) is 9.15. The lowest BCUT2D eigenvalue weighted by atomic mass is 10.3. The number of pyridine rings is 2. The van der Waals surface area contributed by atoms with Crippen molar-refractivity contribution in [2.45, 2.75) is 0 Å². The first-order chi connectivity index (χ1) is 14.3. The van der Waals surface area contributed by atoms with Crippen LogP contribution in [-0.2, 0) is 23.7 Å². The number of carbonyl (C=O) groups excluding carboxylic acids is 2. The lowest BCUT2D eigenvalue weighted by Crippen LogP contribution is -2.15. The Bertz CT molecular complexity index is 652. The standard InChI is InChI=1S/C20H24N2O7/c23-19(17-3-1-5-21-15-17)28-13-11-26-9-7-25-8-10-27-12-14-29-20(24)18-4-2-6-22-16-18/h1-6,15-16H,7-14H2. The molecule has 0 amide bonds. The summed E-state index contributed by atoms with van der Waals surface area (Å²) < 4.78 is 26.1. The largest absolute Gasteiger partial charge is 0.460 e. The molecular formula is C20H24N2O7. The molecule has 2 rings (SSSR count). The van der Waals surface area contributed by atoms with Crippen LogP contribution in [-0.4, -0.2) is 74.8 Å². The van der Waals surface area contributed by atoms with Crippen molar-refractivity contribution in [1.29, 1.82) is 0 Å². The second kappa shape index (κ2) is 14.2. The number of hydrogen-bond donors (Lipinski definition) is 0. The molecule has 9 heteroatoms. The van der Waals surface area contributed by atoms with Crippen LogP contribution in [0.5, 0.6) is 0 Å². The summed E-state index contributed by atoms with van der Waals surface area (Å²) in [7, 11) is 0. The average Bonchev–Trinajstić information content (AvgIpc) is 2.77. The van der Waals surface area contributed by atoms with Gasteiger partial charge in [-0.15, -0.1) is 0 Å². The highest BCUT2D eigenvalue weighted by molar-refractivity contribution is 5.89. The van der Waals surface area contributed by atoms with E-state index in [2.05, 4.69) is 9.97 Å². The van der Waals surface area contributed by atoms with Crippen molar-refractivity contribution < 1.29 is 33.3 Å². The van der Waals surface area contributed by atoms with E-state index in [4.69, 9.17) is 23.7 Å². The van der Waals surface area contributed by atoms with E-state index in [1.165, 1.54) is 12.4 Å². The van der Waals surface area contributed by atoms with Gasteiger partial charge in [0.25, 0.3) is 0 Å². The smallest absolute Gasteiger partial charge is 0.339 e. The van der Waals surface area contributed by atoms with Crippen molar-refractivity contribution >= 4 is 11.9 Å². The van der Waals surface area contributed by atoms with E-state index < -0.39 is 11.9 Å². The van der Waals surface area contributed by atoms with Gasteiger partial charge in [-0.3, -0.25) is 9.97 Å². The third kappa shape index (κ3) is 9.74. The number of rotatable bonds is 14. The minimum absolute atomic E-state index is 0.161. The van der Waals surface area contributed by atoms with E-state index in [1.54, 1.807) is 36.7 Å². The Labute approximate surface area is 168 Å². The van der Waals surface area contributed by atoms with Gasteiger partial charge in [-0.1, -0.05) is 0 Å². The monoisotopic (exact) mass is 404 g/mol. The molecule has 0 unspecified atom stereocenters. The topological polar surface area (TPSA) is 106 Å². The van der Waals surface area contributed by atoms with Gasteiger partial charge in [0.1, 0.15) is 13.2 Å². The van der Waals surface area contributed by atoms with Crippen LogP contribution < -0.4 is 0 Å². The van der Waals surface area contributed by atoms with Crippen molar-refractivity contribution in [2.75, 3.05) is 52.9 Å². The Morgan fingerprint density at radius 3 is 1.34 bits per heavy atom. The summed E-state index contributed by atoms with van der Waals surface area (Å²) in [6, 6.07) is 6.61. The predicted molar refractivity (Wildman–Crippen MR) is 101 cm³/mol. The number of hydrogen-bond acceptors (Lipinski definition) is 9. The minimum Gasteiger partial charge on any atom is -0.460 e. The lowest BCUT2D eigenvalue weighted by molar-refractivity contribution is -0.00676. The molecule has 0 fully saturated rings. The van der Waals surface area contributed by atoms with Crippen LogP contribution in [0.2, 0.25) is 0 Å². The van der Waals surface area contributed by atoms with E-state index in [0.717, 1.165) is 0 Å². The van der Waals surface area contributed by atoms with Crippen LogP contribution in [0.3, 0.4) is 0 Å². The van der Waals surface area contributed by atoms with Crippen LogP contribution in [0.25, 0.3) is 0 Å². The Balaban J connectivity index is 1.34. The van der Waals surface area contributed by atoms with Crippen LogP contribution in [0.15, 0.2) is 49.1 Å².